The highest BCUT2D eigenvalue weighted by atomic mass is 32.1. The highest BCUT2D eigenvalue weighted by Crippen LogP contribution is 2.63. The van der Waals surface area contributed by atoms with Crippen molar-refractivity contribution in [3.63, 3.8) is 0 Å². The Balaban J connectivity index is 1.08. The summed E-state index contributed by atoms with van der Waals surface area (Å²) in [6.45, 7) is 0. The van der Waals surface area contributed by atoms with Gasteiger partial charge in [-0.25, -0.2) is 0 Å². The SMILES string of the molecule is c1ccc(-c2ccc(N(c3ccc(-c4ccccc4)cc3)c3ccc4c(c3)-c3ccccc3-c3ccccc3C43c4ccccc4-c4c3ccc3c4sc4ccccc43)cc2)cc1. The Morgan fingerprint density at radius 1 is 0.302 bits per heavy atom. The lowest BCUT2D eigenvalue weighted by Gasteiger charge is -2.36. The molecule has 0 saturated heterocycles. The third-order valence-electron chi connectivity index (χ3n) is 13.5. The van der Waals surface area contributed by atoms with Gasteiger partial charge in [-0.15, -0.1) is 11.3 Å². The zero-order chi connectivity index (χ0) is 41.5. The van der Waals surface area contributed by atoms with Gasteiger partial charge in [-0.2, -0.15) is 0 Å². The van der Waals surface area contributed by atoms with Crippen LogP contribution in [0.1, 0.15) is 22.3 Å². The van der Waals surface area contributed by atoms with Gasteiger partial charge in [-0.3, -0.25) is 0 Å². The van der Waals surface area contributed by atoms with Crippen molar-refractivity contribution in [2.45, 2.75) is 5.41 Å². The molecule has 13 rings (SSSR count). The van der Waals surface area contributed by atoms with E-state index >= 15 is 0 Å². The lowest BCUT2D eigenvalue weighted by molar-refractivity contribution is 0.776. The smallest absolute Gasteiger partial charge is 0.0726 e. The van der Waals surface area contributed by atoms with Crippen LogP contribution in [0.4, 0.5) is 17.1 Å². The molecule has 0 bridgehead atoms. The molecule has 1 heterocycles. The zero-order valence-corrected chi connectivity index (χ0v) is 35.2. The molecular formula is C61H39NS. The fraction of sp³-hybridized carbons (Fsp3) is 0.0164. The topological polar surface area (TPSA) is 3.24 Å². The quantitative estimate of drug-likeness (QED) is 0.167. The van der Waals surface area contributed by atoms with Crippen LogP contribution < -0.4 is 4.90 Å². The van der Waals surface area contributed by atoms with E-state index in [1.54, 1.807) is 0 Å². The number of hydrogen-bond donors (Lipinski definition) is 0. The van der Waals surface area contributed by atoms with Gasteiger partial charge in [0.1, 0.15) is 0 Å². The van der Waals surface area contributed by atoms with Crippen LogP contribution >= 0.6 is 11.3 Å². The largest absolute Gasteiger partial charge is 0.310 e. The number of benzene rings is 10. The summed E-state index contributed by atoms with van der Waals surface area (Å²) >= 11 is 1.93. The van der Waals surface area contributed by atoms with Crippen molar-refractivity contribution in [3.05, 3.63) is 259 Å². The molecule has 63 heavy (non-hydrogen) atoms. The van der Waals surface area contributed by atoms with Crippen LogP contribution in [0.3, 0.4) is 0 Å². The fourth-order valence-electron chi connectivity index (χ4n) is 10.8. The van der Waals surface area contributed by atoms with Crippen LogP contribution in [0.15, 0.2) is 237 Å². The summed E-state index contributed by atoms with van der Waals surface area (Å²) in [5.74, 6) is 0. The van der Waals surface area contributed by atoms with E-state index in [0.29, 0.717) is 0 Å². The molecule has 0 fully saturated rings. The number of anilines is 3. The maximum Gasteiger partial charge on any atom is 0.0726 e. The Kier molecular flexibility index (Phi) is 8.06. The fourth-order valence-corrected chi connectivity index (χ4v) is 12.1. The summed E-state index contributed by atoms with van der Waals surface area (Å²) < 4.78 is 2.69. The summed E-state index contributed by atoms with van der Waals surface area (Å²) in [6.07, 6.45) is 0. The first-order chi connectivity index (χ1) is 31.3. The minimum atomic E-state index is -0.570. The van der Waals surface area contributed by atoms with Gasteiger partial charge >= 0.3 is 0 Å². The molecule has 1 spiro atoms. The first kappa shape index (κ1) is 35.9. The highest BCUT2D eigenvalue weighted by molar-refractivity contribution is 7.26. The summed E-state index contributed by atoms with van der Waals surface area (Å²) in [5.41, 5.74) is 20.5. The Morgan fingerprint density at radius 3 is 1.41 bits per heavy atom. The van der Waals surface area contributed by atoms with Crippen LogP contribution in [-0.4, -0.2) is 0 Å². The molecule has 0 N–H and O–H groups in total. The minimum absolute atomic E-state index is 0.570. The maximum atomic E-state index is 2.47. The molecule has 2 aliphatic rings. The lowest BCUT2D eigenvalue weighted by atomic mass is 9.66. The molecule has 1 atom stereocenters. The predicted octanol–water partition coefficient (Wildman–Crippen LogP) is 16.9. The first-order valence-corrected chi connectivity index (χ1v) is 22.6. The number of rotatable bonds is 5. The van der Waals surface area contributed by atoms with E-state index in [4.69, 9.17) is 0 Å². The second kappa shape index (κ2) is 14.1. The number of thiophene rings is 1. The van der Waals surface area contributed by atoms with Crippen LogP contribution in [0, 0.1) is 0 Å². The van der Waals surface area contributed by atoms with Crippen molar-refractivity contribution < 1.29 is 0 Å². The predicted molar refractivity (Wildman–Crippen MR) is 267 cm³/mol. The van der Waals surface area contributed by atoms with Gasteiger partial charge in [0.2, 0.25) is 0 Å². The van der Waals surface area contributed by atoms with Crippen molar-refractivity contribution in [2.75, 3.05) is 4.90 Å². The third kappa shape index (κ3) is 5.35. The molecule has 0 radical (unpaired) electrons. The van der Waals surface area contributed by atoms with Crippen molar-refractivity contribution in [3.8, 4) is 55.6 Å². The average molecular weight is 818 g/mol. The Bertz CT molecular complexity index is 3470. The monoisotopic (exact) mass is 817 g/mol. The summed E-state index contributed by atoms with van der Waals surface area (Å²) in [4.78, 5) is 2.43. The number of fused-ring (bicyclic) bond motifs is 16. The normalized spacial score (nSPS) is 14.4. The Hall–Kier alpha value is -7.78. The van der Waals surface area contributed by atoms with Gasteiger partial charge in [-0.05, 0) is 115 Å². The summed E-state index contributed by atoms with van der Waals surface area (Å²) in [6, 6.07) is 87.9. The number of nitrogens with zero attached hydrogens (tertiary/aromatic N) is 1. The van der Waals surface area contributed by atoms with Gasteiger partial charge in [0.05, 0.1) is 5.41 Å². The minimum Gasteiger partial charge on any atom is -0.310 e. The average Bonchev–Trinajstić information content (AvgIpc) is 3.86. The summed E-state index contributed by atoms with van der Waals surface area (Å²) in [5, 5.41) is 2.65. The molecule has 1 unspecified atom stereocenters. The van der Waals surface area contributed by atoms with Gasteiger partial charge in [0, 0.05) is 42.8 Å². The van der Waals surface area contributed by atoms with E-state index < -0.39 is 5.41 Å². The Labute approximate surface area is 371 Å². The van der Waals surface area contributed by atoms with E-state index in [9.17, 15) is 0 Å². The Morgan fingerprint density at radius 2 is 0.762 bits per heavy atom. The van der Waals surface area contributed by atoms with Crippen LogP contribution in [0.2, 0.25) is 0 Å². The van der Waals surface area contributed by atoms with Crippen molar-refractivity contribution in [1.29, 1.82) is 0 Å². The van der Waals surface area contributed by atoms with E-state index in [1.165, 1.54) is 98.1 Å². The molecule has 11 aromatic rings. The molecule has 1 nitrogen and oxygen atoms in total. The lowest BCUT2D eigenvalue weighted by Crippen LogP contribution is -2.29. The van der Waals surface area contributed by atoms with E-state index in [-0.39, 0.29) is 0 Å². The third-order valence-corrected chi connectivity index (χ3v) is 14.7. The highest BCUT2D eigenvalue weighted by Gasteiger charge is 2.50. The van der Waals surface area contributed by atoms with Gasteiger partial charge in [0.15, 0.2) is 0 Å². The van der Waals surface area contributed by atoms with E-state index in [1.807, 2.05) is 11.3 Å². The van der Waals surface area contributed by atoms with Gasteiger partial charge in [0.25, 0.3) is 0 Å². The molecule has 0 saturated carbocycles. The van der Waals surface area contributed by atoms with Gasteiger partial charge in [-0.1, -0.05) is 194 Å². The van der Waals surface area contributed by atoms with Crippen molar-refractivity contribution in [1.82, 2.24) is 0 Å². The van der Waals surface area contributed by atoms with Gasteiger partial charge < -0.3 is 4.90 Å². The van der Waals surface area contributed by atoms with Crippen molar-refractivity contribution >= 4 is 48.6 Å². The summed E-state index contributed by atoms with van der Waals surface area (Å²) in [7, 11) is 0. The maximum absolute atomic E-state index is 2.47. The molecular weight excluding hydrogens is 779 g/mol. The zero-order valence-electron chi connectivity index (χ0n) is 34.4. The van der Waals surface area contributed by atoms with Crippen LogP contribution in [0.25, 0.3) is 75.8 Å². The molecule has 1 aromatic heterocycles. The standard InChI is InChI=1S/C61H39NS/c1-3-15-40(16-4-1)42-27-31-44(32-28-42)62(45-33-29-43(30-34-45)41-17-5-2-6-18-41)46-35-37-56-53(39-46)48-20-8-7-19-47(48)49-21-9-12-24-54(49)61(56)55-25-13-10-23-52(55)59-57(61)38-36-51-50-22-11-14-26-58(50)63-60(51)59/h1-39H. The molecule has 0 aliphatic heterocycles. The molecule has 294 valence electrons. The second-order valence-corrected chi connectivity index (χ2v) is 17.8. The molecule has 2 aliphatic carbocycles. The van der Waals surface area contributed by atoms with Crippen molar-refractivity contribution in [2.24, 2.45) is 0 Å². The van der Waals surface area contributed by atoms with Crippen LogP contribution in [-0.2, 0) is 5.41 Å². The molecule has 0 amide bonds. The van der Waals surface area contributed by atoms with E-state index in [0.717, 1.165) is 17.1 Å². The molecule has 10 aromatic carbocycles. The molecule has 2 heteroatoms. The first-order valence-electron chi connectivity index (χ1n) is 21.8. The number of hydrogen-bond acceptors (Lipinski definition) is 2. The van der Waals surface area contributed by atoms with Crippen LogP contribution in [0.5, 0.6) is 0 Å². The second-order valence-electron chi connectivity index (χ2n) is 16.7. The van der Waals surface area contributed by atoms with E-state index in [2.05, 4.69) is 241 Å².